The highest BCUT2D eigenvalue weighted by Gasteiger charge is 2.17. The van der Waals surface area contributed by atoms with E-state index in [0.29, 0.717) is 12.1 Å². The minimum atomic E-state index is 0.319. The van der Waals surface area contributed by atoms with Gasteiger partial charge in [0.1, 0.15) is 5.76 Å². The highest BCUT2D eigenvalue weighted by molar-refractivity contribution is 5.03. The molecule has 0 aliphatic carbocycles. The summed E-state index contributed by atoms with van der Waals surface area (Å²) >= 11 is 0. The van der Waals surface area contributed by atoms with Gasteiger partial charge in [-0.25, -0.2) is 0 Å². The molecule has 1 fully saturated rings. The van der Waals surface area contributed by atoms with E-state index < -0.39 is 0 Å². The zero-order valence-electron chi connectivity index (χ0n) is 7.92. The molecule has 3 heteroatoms. The molecule has 1 unspecified atom stereocenters. The first-order valence-electron chi connectivity index (χ1n) is 4.86. The van der Waals surface area contributed by atoms with Gasteiger partial charge >= 0.3 is 0 Å². The predicted molar refractivity (Wildman–Crippen MR) is 51.5 cm³/mol. The fraction of sp³-hybridized carbons (Fsp3) is 0.600. The van der Waals surface area contributed by atoms with E-state index in [1.165, 1.54) is 6.42 Å². The summed E-state index contributed by atoms with van der Waals surface area (Å²) in [6.45, 7) is 4.34. The average Bonchev–Trinajstić information content (AvgIpc) is 2.74. The molecule has 72 valence electrons. The van der Waals surface area contributed by atoms with Crippen LogP contribution in [0.15, 0.2) is 22.8 Å². The third-order valence-electron chi connectivity index (χ3n) is 2.52. The quantitative estimate of drug-likeness (QED) is 0.736. The maximum atomic E-state index is 5.32. The van der Waals surface area contributed by atoms with Crippen molar-refractivity contribution in [3.05, 3.63) is 24.2 Å². The Kier molecular flexibility index (Phi) is 2.66. The fourth-order valence-corrected chi connectivity index (χ4v) is 1.77. The van der Waals surface area contributed by atoms with E-state index in [1.54, 1.807) is 6.26 Å². The van der Waals surface area contributed by atoms with Gasteiger partial charge in [0.2, 0.25) is 0 Å². The summed E-state index contributed by atoms with van der Waals surface area (Å²) in [6, 6.07) is 4.86. The highest BCUT2D eigenvalue weighted by Crippen LogP contribution is 2.14. The van der Waals surface area contributed by atoms with E-state index >= 15 is 0 Å². The Hall–Kier alpha value is -0.800. The molecule has 1 aromatic heterocycles. The van der Waals surface area contributed by atoms with Gasteiger partial charge in [-0.3, -0.25) is 0 Å². The molecular weight excluding hydrogens is 164 g/mol. The molecule has 2 atom stereocenters. The lowest BCUT2D eigenvalue weighted by Gasteiger charge is -2.16. The SMILES string of the molecule is C[C@@H](NC1CCNC1)c1ccco1. The van der Waals surface area contributed by atoms with Gasteiger partial charge in [-0.2, -0.15) is 0 Å². The van der Waals surface area contributed by atoms with Crippen LogP contribution in [-0.2, 0) is 0 Å². The number of rotatable bonds is 3. The standard InChI is InChI=1S/C10H16N2O/c1-8(10-3-2-6-13-10)12-9-4-5-11-7-9/h2-3,6,8-9,11-12H,4-5,7H2,1H3/t8-,9?/m1/s1. The molecule has 13 heavy (non-hydrogen) atoms. The lowest BCUT2D eigenvalue weighted by molar-refractivity contribution is 0.397. The summed E-state index contributed by atoms with van der Waals surface area (Å²) in [5.41, 5.74) is 0. The van der Waals surface area contributed by atoms with Crippen molar-refractivity contribution in [2.45, 2.75) is 25.4 Å². The van der Waals surface area contributed by atoms with Crippen LogP contribution in [0.25, 0.3) is 0 Å². The van der Waals surface area contributed by atoms with Gasteiger partial charge in [0.25, 0.3) is 0 Å². The minimum absolute atomic E-state index is 0.319. The van der Waals surface area contributed by atoms with Crippen molar-refractivity contribution in [2.24, 2.45) is 0 Å². The van der Waals surface area contributed by atoms with Crippen LogP contribution >= 0.6 is 0 Å². The number of furan rings is 1. The summed E-state index contributed by atoms with van der Waals surface area (Å²) in [6.07, 6.45) is 2.94. The number of hydrogen-bond donors (Lipinski definition) is 2. The molecule has 0 saturated carbocycles. The van der Waals surface area contributed by atoms with Crippen LogP contribution in [0.3, 0.4) is 0 Å². The van der Waals surface area contributed by atoms with Crippen molar-refractivity contribution < 1.29 is 4.42 Å². The Morgan fingerprint density at radius 1 is 1.69 bits per heavy atom. The van der Waals surface area contributed by atoms with Crippen molar-refractivity contribution in [3.8, 4) is 0 Å². The molecule has 1 aliphatic heterocycles. The van der Waals surface area contributed by atoms with Gasteiger partial charge in [-0.05, 0) is 32.0 Å². The van der Waals surface area contributed by atoms with Crippen LogP contribution in [-0.4, -0.2) is 19.1 Å². The average molecular weight is 180 g/mol. The van der Waals surface area contributed by atoms with Crippen molar-refractivity contribution in [3.63, 3.8) is 0 Å². The van der Waals surface area contributed by atoms with Gasteiger partial charge in [0.15, 0.2) is 0 Å². The first kappa shape index (κ1) is 8.78. The minimum Gasteiger partial charge on any atom is -0.468 e. The predicted octanol–water partition coefficient (Wildman–Crippen LogP) is 1.29. The zero-order valence-corrected chi connectivity index (χ0v) is 7.92. The molecule has 0 amide bonds. The molecule has 2 N–H and O–H groups in total. The molecule has 0 radical (unpaired) electrons. The summed E-state index contributed by atoms with van der Waals surface area (Å²) in [7, 11) is 0. The highest BCUT2D eigenvalue weighted by atomic mass is 16.3. The third-order valence-corrected chi connectivity index (χ3v) is 2.52. The largest absolute Gasteiger partial charge is 0.468 e. The Labute approximate surface area is 78.5 Å². The van der Waals surface area contributed by atoms with E-state index in [1.807, 2.05) is 12.1 Å². The van der Waals surface area contributed by atoms with Crippen molar-refractivity contribution in [1.82, 2.24) is 10.6 Å². The van der Waals surface area contributed by atoms with Crippen LogP contribution in [0, 0.1) is 0 Å². The molecule has 3 nitrogen and oxygen atoms in total. The Morgan fingerprint density at radius 3 is 3.23 bits per heavy atom. The molecular formula is C10H16N2O. The van der Waals surface area contributed by atoms with E-state index in [-0.39, 0.29) is 0 Å². The number of nitrogens with one attached hydrogen (secondary N) is 2. The summed E-state index contributed by atoms with van der Waals surface area (Å²) in [4.78, 5) is 0. The zero-order chi connectivity index (χ0) is 9.10. The molecule has 2 heterocycles. The smallest absolute Gasteiger partial charge is 0.120 e. The van der Waals surface area contributed by atoms with Crippen LogP contribution in [0.5, 0.6) is 0 Å². The maximum Gasteiger partial charge on any atom is 0.120 e. The second-order valence-corrected chi connectivity index (χ2v) is 3.59. The second-order valence-electron chi connectivity index (χ2n) is 3.59. The summed E-state index contributed by atoms with van der Waals surface area (Å²) in [5.74, 6) is 1.02. The van der Waals surface area contributed by atoms with Crippen LogP contribution in [0.1, 0.15) is 25.1 Å². The molecule has 0 bridgehead atoms. The van der Waals surface area contributed by atoms with Crippen molar-refractivity contribution in [1.29, 1.82) is 0 Å². The van der Waals surface area contributed by atoms with E-state index in [9.17, 15) is 0 Å². The van der Waals surface area contributed by atoms with Gasteiger partial charge in [-0.15, -0.1) is 0 Å². The topological polar surface area (TPSA) is 37.2 Å². The van der Waals surface area contributed by atoms with E-state index in [4.69, 9.17) is 4.42 Å². The molecule has 1 aliphatic rings. The lowest BCUT2D eigenvalue weighted by atomic mass is 10.2. The molecule has 0 aromatic carbocycles. The fourth-order valence-electron chi connectivity index (χ4n) is 1.77. The van der Waals surface area contributed by atoms with Gasteiger partial charge in [0, 0.05) is 12.6 Å². The molecule has 0 spiro atoms. The normalized spacial score (nSPS) is 24.8. The number of hydrogen-bond acceptors (Lipinski definition) is 3. The van der Waals surface area contributed by atoms with Crippen molar-refractivity contribution in [2.75, 3.05) is 13.1 Å². The molecule has 2 rings (SSSR count). The Morgan fingerprint density at radius 2 is 2.62 bits per heavy atom. The van der Waals surface area contributed by atoms with Gasteiger partial charge in [0.05, 0.1) is 12.3 Å². The van der Waals surface area contributed by atoms with Crippen LogP contribution in [0.4, 0.5) is 0 Å². The van der Waals surface area contributed by atoms with E-state index in [2.05, 4.69) is 17.6 Å². The Bertz CT molecular complexity index is 239. The third kappa shape index (κ3) is 2.11. The molecule has 1 saturated heterocycles. The lowest BCUT2D eigenvalue weighted by Crippen LogP contribution is -2.32. The van der Waals surface area contributed by atoms with Crippen LogP contribution < -0.4 is 10.6 Å². The second kappa shape index (κ2) is 3.94. The monoisotopic (exact) mass is 180 g/mol. The van der Waals surface area contributed by atoms with Gasteiger partial charge in [-0.1, -0.05) is 0 Å². The summed E-state index contributed by atoms with van der Waals surface area (Å²) in [5, 5.41) is 6.85. The Balaban J connectivity index is 1.87. The van der Waals surface area contributed by atoms with Gasteiger partial charge < -0.3 is 15.1 Å². The first-order valence-corrected chi connectivity index (χ1v) is 4.86. The van der Waals surface area contributed by atoms with Crippen molar-refractivity contribution >= 4 is 0 Å². The maximum absolute atomic E-state index is 5.32. The van der Waals surface area contributed by atoms with E-state index in [0.717, 1.165) is 18.8 Å². The first-order chi connectivity index (χ1) is 6.36. The molecule has 1 aromatic rings. The van der Waals surface area contributed by atoms with Crippen LogP contribution in [0.2, 0.25) is 0 Å². The summed E-state index contributed by atoms with van der Waals surface area (Å²) < 4.78 is 5.32.